The first-order valence-electron chi connectivity index (χ1n) is 5.91. The lowest BCUT2D eigenvalue weighted by atomic mass is 9.92. The molecule has 0 aliphatic rings. The van der Waals surface area contributed by atoms with Crippen molar-refractivity contribution in [2.45, 2.75) is 12.5 Å². The summed E-state index contributed by atoms with van der Waals surface area (Å²) in [5.41, 5.74) is -0.0343. The van der Waals surface area contributed by atoms with Crippen LogP contribution in [0.3, 0.4) is 0 Å². The van der Waals surface area contributed by atoms with Crippen LogP contribution in [-0.2, 0) is 5.54 Å². The van der Waals surface area contributed by atoms with E-state index in [0.29, 0.717) is 12.1 Å². The molecule has 5 nitrogen and oxygen atoms in total. The van der Waals surface area contributed by atoms with Gasteiger partial charge in [-0.3, -0.25) is 0 Å². The SMILES string of the molecule is CN(C)CCNC(C)(CO)c1cc(O)cc(O)c1. The van der Waals surface area contributed by atoms with Crippen LogP contribution in [0.15, 0.2) is 18.2 Å². The van der Waals surface area contributed by atoms with Crippen LogP contribution < -0.4 is 5.32 Å². The van der Waals surface area contributed by atoms with Gasteiger partial charge in [0.2, 0.25) is 0 Å². The van der Waals surface area contributed by atoms with Gasteiger partial charge in [-0.05, 0) is 38.7 Å². The number of likely N-dealkylation sites (N-methyl/N-ethyl adjacent to an activating group) is 1. The number of rotatable bonds is 6. The quantitative estimate of drug-likeness (QED) is 0.593. The number of nitrogens with zero attached hydrogens (tertiary/aromatic N) is 1. The van der Waals surface area contributed by atoms with Crippen molar-refractivity contribution >= 4 is 0 Å². The molecule has 0 saturated heterocycles. The molecule has 0 amide bonds. The minimum absolute atomic E-state index is 0.0147. The second kappa shape index (κ2) is 6.04. The third-order valence-electron chi connectivity index (χ3n) is 2.93. The first-order valence-corrected chi connectivity index (χ1v) is 5.91. The minimum atomic E-state index is -0.688. The monoisotopic (exact) mass is 254 g/mol. The predicted octanol–water partition coefficient (Wildman–Crippen LogP) is 0.456. The molecule has 1 aromatic carbocycles. The van der Waals surface area contributed by atoms with E-state index in [2.05, 4.69) is 5.32 Å². The Morgan fingerprint density at radius 1 is 1.17 bits per heavy atom. The van der Waals surface area contributed by atoms with Gasteiger partial charge in [0, 0.05) is 19.2 Å². The Morgan fingerprint density at radius 2 is 1.72 bits per heavy atom. The van der Waals surface area contributed by atoms with Gasteiger partial charge in [-0.1, -0.05) is 0 Å². The molecule has 18 heavy (non-hydrogen) atoms. The third-order valence-corrected chi connectivity index (χ3v) is 2.93. The molecule has 0 radical (unpaired) electrons. The number of nitrogens with one attached hydrogen (secondary N) is 1. The molecule has 0 spiro atoms. The summed E-state index contributed by atoms with van der Waals surface area (Å²) in [6.45, 7) is 3.24. The van der Waals surface area contributed by atoms with Crippen LogP contribution in [0.1, 0.15) is 12.5 Å². The van der Waals surface area contributed by atoms with E-state index >= 15 is 0 Å². The molecule has 0 aliphatic heterocycles. The maximum absolute atomic E-state index is 9.55. The van der Waals surface area contributed by atoms with E-state index in [4.69, 9.17) is 0 Å². The van der Waals surface area contributed by atoms with E-state index in [1.807, 2.05) is 25.9 Å². The molecule has 1 aromatic rings. The van der Waals surface area contributed by atoms with Crippen molar-refractivity contribution in [3.63, 3.8) is 0 Å². The van der Waals surface area contributed by atoms with E-state index < -0.39 is 5.54 Å². The van der Waals surface area contributed by atoms with Gasteiger partial charge in [0.15, 0.2) is 0 Å². The van der Waals surface area contributed by atoms with Crippen molar-refractivity contribution < 1.29 is 15.3 Å². The highest BCUT2D eigenvalue weighted by Crippen LogP contribution is 2.28. The number of aromatic hydroxyl groups is 2. The maximum atomic E-state index is 9.55. The average Bonchev–Trinajstić information content (AvgIpc) is 2.27. The lowest BCUT2D eigenvalue weighted by Crippen LogP contribution is -2.45. The molecule has 1 unspecified atom stereocenters. The molecule has 102 valence electrons. The van der Waals surface area contributed by atoms with Gasteiger partial charge < -0.3 is 25.5 Å². The summed E-state index contributed by atoms with van der Waals surface area (Å²) in [4.78, 5) is 2.03. The number of aliphatic hydroxyl groups is 1. The van der Waals surface area contributed by atoms with Crippen LogP contribution in [0.2, 0.25) is 0 Å². The van der Waals surface area contributed by atoms with Gasteiger partial charge >= 0.3 is 0 Å². The summed E-state index contributed by atoms with van der Waals surface area (Å²) in [6.07, 6.45) is 0. The van der Waals surface area contributed by atoms with Crippen LogP contribution >= 0.6 is 0 Å². The average molecular weight is 254 g/mol. The summed E-state index contributed by atoms with van der Waals surface area (Å²) in [5.74, 6) is -0.0295. The second-order valence-corrected chi connectivity index (χ2v) is 4.96. The molecule has 4 N–H and O–H groups in total. The fourth-order valence-corrected chi connectivity index (χ4v) is 1.72. The zero-order valence-electron chi connectivity index (χ0n) is 11.1. The second-order valence-electron chi connectivity index (χ2n) is 4.96. The van der Waals surface area contributed by atoms with Gasteiger partial charge in [0.05, 0.1) is 12.1 Å². The molecule has 0 heterocycles. The Hall–Kier alpha value is -1.30. The van der Waals surface area contributed by atoms with Crippen molar-refractivity contribution in [1.82, 2.24) is 10.2 Å². The number of hydrogen-bond donors (Lipinski definition) is 4. The Bertz CT molecular complexity index is 376. The molecule has 0 aromatic heterocycles. The van der Waals surface area contributed by atoms with Crippen LogP contribution in [0.4, 0.5) is 0 Å². The number of aliphatic hydroxyl groups excluding tert-OH is 1. The predicted molar refractivity (Wildman–Crippen MR) is 70.8 cm³/mol. The lowest BCUT2D eigenvalue weighted by Gasteiger charge is -2.30. The number of hydrogen-bond acceptors (Lipinski definition) is 5. The standard InChI is InChI=1S/C13H22N2O3/c1-13(9-16,14-4-5-15(2)3)10-6-11(17)8-12(18)7-10/h6-8,14,16-18H,4-5,9H2,1-3H3. The fraction of sp³-hybridized carbons (Fsp3) is 0.538. The van der Waals surface area contributed by atoms with Crippen molar-refractivity contribution in [2.75, 3.05) is 33.8 Å². The highest BCUT2D eigenvalue weighted by Gasteiger charge is 2.26. The topological polar surface area (TPSA) is 76.0 Å². The number of benzene rings is 1. The largest absolute Gasteiger partial charge is 0.508 e. The van der Waals surface area contributed by atoms with Crippen LogP contribution in [0.5, 0.6) is 11.5 Å². The molecule has 0 aliphatic carbocycles. The summed E-state index contributed by atoms with van der Waals surface area (Å²) in [6, 6.07) is 4.35. The fourth-order valence-electron chi connectivity index (χ4n) is 1.72. The molecule has 0 fully saturated rings. The highest BCUT2D eigenvalue weighted by molar-refractivity contribution is 5.40. The Balaban J connectivity index is 2.85. The van der Waals surface area contributed by atoms with Gasteiger partial charge in [-0.15, -0.1) is 0 Å². The van der Waals surface area contributed by atoms with Gasteiger partial charge in [-0.2, -0.15) is 0 Å². The Labute approximate surface area is 108 Å². The van der Waals surface area contributed by atoms with Crippen LogP contribution in [0, 0.1) is 0 Å². The smallest absolute Gasteiger partial charge is 0.119 e. The van der Waals surface area contributed by atoms with Crippen LogP contribution in [0.25, 0.3) is 0 Å². The lowest BCUT2D eigenvalue weighted by molar-refractivity contribution is 0.171. The number of phenols is 2. The zero-order chi connectivity index (χ0) is 13.8. The van der Waals surface area contributed by atoms with Gasteiger partial charge in [0.1, 0.15) is 11.5 Å². The van der Waals surface area contributed by atoms with Gasteiger partial charge in [-0.25, -0.2) is 0 Å². The van der Waals surface area contributed by atoms with Crippen molar-refractivity contribution in [1.29, 1.82) is 0 Å². The Morgan fingerprint density at radius 3 is 2.17 bits per heavy atom. The normalized spacial score (nSPS) is 14.7. The van der Waals surface area contributed by atoms with Gasteiger partial charge in [0.25, 0.3) is 0 Å². The first kappa shape index (κ1) is 14.8. The van der Waals surface area contributed by atoms with Crippen molar-refractivity contribution in [3.8, 4) is 11.5 Å². The minimum Gasteiger partial charge on any atom is -0.508 e. The van der Waals surface area contributed by atoms with E-state index in [9.17, 15) is 15.3 Å². The highest BCUT2D eigenvalue weighted by atomic mass is 16.3. The molecular formula is C13H22N2O3. The molecular weight excluding hydrogens is 232 g/mol. The summed E-state index contributed by atoms with van der Waals surface area (Å²) < 4.78 is 0. The molecule has 1 rings (SSSR count). The molecule has 1 atom stereocenters. The first-order chi connectivity index (χ1) is 8.37. The summed E-state index contributed by atoms with van der Waals surface area (Å²) >= 11 is 0. The molecule has 5 heteroatoms. The van der Waals surface area contributed by atoms with Crippen molar-refractivity contribution in [3.05, 3.63) is 23.8 Å². The van der Waals surface area contributed by atoms with E-state index in [1.54, 1.807) is 12.1 Å². The third kappa shape index (κ3) is 3.87. The van der Waals surface area contributed by atoms with E-state index in [1.165, 1.54) is 6.07 Å². The van der Waals surface area contributed by atoms with E-state index in [-0.39, 0.29) is 18.1 Å². The van der Waals surface area contributed by atoms with E-state index in [0.717, 1.165) is 6.54 Å². The van der Waals surface area contributed by atoms with Crippen LogP contribution in [-0.4, -0.2) is 54.0 Å². The molecule has 0 saturated carbocycles. The number of phenolic OH excluding ortho intramolecular Hbond substituents is 2. The summed E-state index contributed by atoms with van der Waals surface area (Å²) in [7, 11) is 3.94. The van der Waals surface area contributed by atoms with Crippen molar-refractivity contribution in [2.24, 2.45) is 0 Å². The maximum Gasteiger partial charge on any atom is 0.119 e. The zero-order valence-corrected chi connectivity index (χ0v) is 11.1. The Kier molecular flexibility index (Phi) is 4.95. The molecule has 0 bridgehead atoms. The summed E-state index contributed by atoms with van der Waals surface area (Å²) in [5, 5.41) is 31.8.